The summed E-state index contributed by atoms with van der Waals surface area (Å²) in [6.07, 6.45) is 8.95. The molecule has 25 heavy (non-hydrogen) atoms. The molecule has 0 heterocycles. The summed E-state index contributed by atoms with van der Waals surface area (Å²) < 4.78 is 10.3. The van der Waals surface area contributed by atoms with Crippen molar-refractivity contribution in [1.82, 2.24) is 0 Å². The first kappa shape index (κ1) is 23.2. The average molecular weight is 345 g/mol. The normalized spacial score (nSPS) is 13.1. The van der Waals surface area contributed by atoms with Gasteiger partial charge in [0.25, 0.3) is 0 Å². The van der Waals surface area contributed by atoms with Crippen LogP contribution in [0.15, 0.2) is 72.6 Å². The number of allylic oxidation sites excluding steroid dienone is 6. The first-order valence-electron chi connectivity index (χ1n) is 8.90. The van der Waals surface area contributed by atoms with E-state index in [1.807, 2.05) is 6.08 Å². The van der Waals surface area contributed by atoms with Gasteiger partial charge in [0, 0.05) is 7.11 Å². The zero-order chi connectivity index (χ0) is 19.4. The van der Waals surface area contributed by atoms with Crippen LogP contribution in [0.4, 0.5) is 0 Å². The summed E-state index contributed by atoms with van der Waals surface area (Å²) in [5.74, 6) is 1.74. The van der Waals surface area contributed by atoms with Crippen molar-refractivity contribution < 1.29 is 9.47 Å². The SMILES string of the molecule is C=C(/C=C\C(=C)C(=C)/C(=C\C(=C)C(C)CCC(C)C)CCOC)OC. The molecule has 2 heteroatoms. The third-order valence-electron chi connectivity index (χ3n) is 4.25. The van der Waals surface area contributed by atoms with E-state index < -0.39 is 0 Å². The largest absolute Gasteiger partial charge is 0.497 e. The molecule has 2 nitrogen and oxygen atoms in total. The number of methoxy groups -OCH3 is 2. The molecule has 0 aliphatic rings. The van der Waals surface area contributed by atoms with Crippen LogP contribution in [0.3, 0.4) is 0 Å². The van der Waals surface area contributed by atoms with Gasteiger partial charge in [-0.2, -0.15) is 0 Å². The van der Waals surface area contributed by atoms with Gasteiger partial charge in [-0.05, 0) is 47.5 Å². The molecule has 1 unspecified atom stereocenters. The van der Waals surface area contributed by atoms with E-state index in [1.54, 1.807) is 20.3 Å². The maximum atomic E-state index is 5.25. The molecule has 0 aliphatic carbocycles. The van der Waals surface area contributed by atoms with Gasteiger partial charge in [-0.15, -0.1) is 0 Å². The summed E-state index contributed by atoms with van der Waals surface area (Å²) in [5.41, 5.74) is 3.98. The first-order valence-corrected chi connectivity index (χ1v) is 8.90. The van der Waals surface area contributed by atoms with Crippen molar-refractivity contribution in [2.45, 2.75) is 40.0 Å². The van der Waals surface area contributed by atoms with E-state index in [0.29, 0.717) is 24.2 Å². The number of hydrogen-bond acceptors (Lipinski definition) is 2. The minimum absolute atomic E-state index is 0.449. The van der Waals surface area contributed by atoms with Crippen molar-refractivity contribution in [2.24, 2.45) is 11.8 Å². The predicted molar refractivity (Wildman–Crippen MR) is 111 cm³/mol. The molecule has 0 rings (SSSR count). The molecule has 0 aromatic carbocycles. The van der Waals surface area contributed by atoms with Crippen molar-refractivity contribution in [3.63, 3.8) is 0 Å². The Morgan fingerprint density at radius 2 is 1.60 bits per heavy atom. The second-order valence-electron chi connectivity index (χ2n) is 6.87. The Morgan fingerprint density at radius 1 is 0.960 bits per heavy atom. The minimum Gasteiger partial charge on any atom is -0.497 e. The number of ether oxygens (including phenoxy) is 2. The fourth-order valence-corrected chi connectivity index (χ4v) is 2.23. The zero-order valence-corrected chi connectivity index (χ0v) is 16.9. The fraction of sp³-hybridized carbons (Fsp3) is 0.478. The lowest BCUT2D eigenvalue weighted by molar-refractivity contribution is 0.202. The van der Waals surface area contributed by atoms with Gasteiger partial charge in [0.2, 0.25) is 0 Å². The summed E-state index contributed by atoms with van der Waals surface area (Å²) >= 11 is 0. The summed E-state index contributed by atoms with van der Waals surface area (Å²) in [5, 5.41) is 0. The van der Waals surface area contributed by atoms with E-state index in [1.165, 1.54) is 6.42 Å². The van der Waals surface area contributed by atoms with Crippen LogP contribution in [0.5, 0.6) is 0 Å². The molecule has 0 spiro atoms. The maximum absolute atomic E-state index is 5.25. The number of rotatable bonds is 13. The van der Waals surface area contributed by atoms with Crippen LogP contribution in [0.1, 0.15) is 40.0 Å². The van der Waals surface area contributed by atoms with Crippen molar-refractivity contribution in [3.05, 3.63) is 72.6 Å². The highest BCUT2D eigenvalue weighted by Crippen LogP contribution is 2.26. The third kappa shape index (κ3) is 9.93. The molecule has 0 radical (unpaired) electrons. The third-order valence-corrected chi connectivity index (χ3v) is 4.25. The van der Waals surface area contributed by atoms with Crippen molar-refractivity contribution in [1.29, 1.82) is 0 Å². The van der Waals surface area contributed by atoms with Crippen molar-refractivity contribution in [3.8, 4) is 0 Å². The summed E-state index contributed by atoms with van der Waals surface area (Å²) in [7, 11) is 3.30. The second kappa shape index (κ2) is 12.5. The van der Waals surface area contributed by atoms with Crippen LogP contribution in [0.25, 0.3) is 0 Å². The molecular formula is C23H36O2. The summed E-state index contributed by atoms with van der Waals surface area (Å²) in [6, 6.07) is 0. The van der Waals surface area contributed by atoms with E-state index in [2.05, 4.69) is 53.2 Å². The van der Waals surface area contributed by atoms with E-state index in [9.17, 15) is 0 Å². The molecule has 0 N–H and O–H groups in total. The highest BCUT2D eigenvalue weighted by Gasteiger charge is 2.10. The summed E-state index contributed by atoms with van der Waals surface area (Å²) in [6.45, 7) is 23.7. The van der Waals surface area contributed by atoms with Gasteiger partial charge in [-0.1, -0.05) is 71.2 Å². The van der Waals surface area contributed by atoms with Crippen LogP contribution in [-0.2, 0) is 9.47 Å². The quantitative estimate of drug-likeness (QED) is 0.284. The molecule has 1 atom stereocenters. The van der Waals surface area contributed by atoms with Crippen LogP contribution >= 0.6 is 0 Å². The molecule has 0 aromatic rings. The molecule has 0 amide bonds. The molecule has 0 bridgehead atoms. The van der Waals surface area contributed by atoms with E-state index in [4.69, 9.17) is 9.47 Å². The highest BCUT2D eigenvalue weighted by atomic mass is 16.5. The Bertz CT molecular complexity index is 532. The van der Waals surface area contributed by atoms with Crippen LogP contribution in [0, 0.1) is 11.8 Å². The van der Waals surface area contributed by atoms with Gasteiger partial charge in [0.15, 0.2) is 0 Å². The van der Waals surface area contributed by atoms with Gasteiger partial charge in [0.05, 0.1) is 13.7 Å². The lowest BCUT2D eigenvalue weighted by atomic mass is 9.89. The lowest BCUT2D eigenvalue weighted by Gasteiger charge is -2.17. The molecule has 0 fully saturated rings. The van der Waals surface area contributed by atoms with Crippen LogP contribution in [-0.4, -0.2) is 20.8 Å². The molecule has 0 saturated carbocycles. The second-order valence-corrected chi connectivity index (χ2v) is 6.87. The predicted octanol–water partition coefficient (Wildman–Crippen LogP) is 6.41. The lowest BCUT2D eigenvalue weighted by Crippen LogP contribution is -2.02. The smallest absolute Gasteiger partial charge is 0.111 e. The Kier molecular flexibility index (Phi) is 11.6. The van der Waals surface area contributed by atoms with Gasteiger partial charge in [-0.25, -0.2) is 0 Å². The minimum atomic E-state index is 0.449. The zero-order valence-electron chi connectivity index (χ0n) is 16.9. The monoisotopic (exact) mass is 344 g/mol. The molecule has 0 aromatic heterocycles. The highest BCUT2D eigenvalue weighted by molar-refractivity contribution is 5.51. The van der Waals surface area contributed by atoms with Gasteiger partial charge >= 0.3 is 0 Å². The Labute approximate surface area is 155 Å². The first-order chi connectivity index (χ1) is 11.7. The molecular weight excluding hydrogens is 308 g/mol. The van der Waals surface area contributed by atoms with E-state index in [-0.39, 0.29) is 0 Å². The van der Waals surface area contributed by atoms with Crippen LogP contribution < -0.4 is 0 Å². The fourth-order valence-electron chi connectivity index (χ4n) is 2.23. The number of hydrogen-bond donors (Lipinski definition) is 0. The Balaban J connectivity index is 5.16. The van der Waals surface area contributed by atoms with Crippen LogP contribution in [0.2, 0.25) is 0 Å². The molecule has 0 saturated heterocycles. The van der Waals surface area contributed by atoms with Gasteiger partial charge in [-0.3, -0.25) is 0 Å². The topological polar surface area (TPSA) is 18.5 Å². The Morgan fingerprint density at radius 3 is 2.12 bits per heavy atom. The molecule has 140 valence electrons. The van der Waals surface area contributed by atoms with Crippen molar-refractivity contribution in [2.75, 3.05) is 20.8 Å². The van der Waals surface area contributed by atoms with Gasteiger partial charge < -0.3 is 9.47 Å². The average Bonchev–Trinajstić information content (AvgIpc) is 2.59. The van der Waals surface area contributed by atoms with Crippen molar-refractivity contribution >= 4 is 0 Å². The maximum Gasteiger partial charge on any atom is 0.111 e. The van der Waals surface area contributed by atoms with E-state index >= 15 is 0 Å². The van der Waals surface area contributed by atoms with Gasteiger partial charge in [0.1, 0.15) is 5.76 Å². The molecule has 0 aliphatic heterocycles. The summed E-state index contributed by atoms with van der Waals surface area (Å²) in [4.78, 5) is 0. The standard InChI is InChI=1S/C23H36O2/c1-17(2)10-11-18(3)20(5)16-23(14-15-24-8)22(7)19(4)12-13-21(6)25-9/h12-13,16-18H,4-7,10-11,14-15H2,1-3,8-9H3/b13-12-,23-16-. The van der Waals surface area contributed by atoms with E-state index in [0.717, 1.165) is 35.1 Å². The Hall–Kier alpha value is -1.80.